The molecule has 11 nitrogen and oxygen atoms in total. The number of nitrogens with zero attached hydrogens (tertiary/aromatic N) is 1. The molecule has 1 heterocycles. The maximum Gasteiger partial charge on any atom is 0.267 e. The molecule has 206 valence electrons. The first-order chi connectivity index (χ1) is 18.2. The van der Waals surface area contributed by atoms with E-state index in [4.69, 9.17) is 4.52 Å². The van der Waals surface area contributed by atoms with Crippen molar-refractivity contribution < 1.29 is 29.8 Å². The third kappa shape index (κ3) is 6.24. The number of rotatable bonds is 9. The van der Waals surface area contributed by atoms with Crippen LogP contribution in [0.3, 0.4) is 0 Å². The lowest BCUT2D eigenvalue weighted by molar-refractivity contribution is 0.390. The lowest BCUT2D eigenvalue weighted by Gasteiger charge is -2.17. The Kier molecular flexibility index (Phi) is 7.47. The third-order valence-corrected chi connectivity index (χ3v) is 10.0. The minimum Gasteiger partial charge on any atom is -0.360 e. The molecule has 3 aromatic carbocycles. The molecule has 0 radical (unpaired) electrons. The van der Waals surface area contributed by atoms with Gasteiger partial charge in [-0.3, -0.25) is 14.2 Å². The molecule has 0 spiro atoms. The number of hydrogen-bond donors (Lipinski definition) is 3. The summed E-state index contributed by atoms with van der Waals surface area (Å²) in [4.78, 5) is -0.265. The van der Waals surface area contributed by atoms with Crippen molar-refractivity contribution in [3.05, 3.63) is 89.3 Å². The Morgan fingerprint density at radius 2 is 1.08 bits per heavy atom. The number of aromatic nitrogens is 1. The first kappa shape index (κ1) is 28.1. The molecule has 0 saturated heterocycles. The van der Waals surface area contributed by atoms with Crippen LogP contribution in [-0.4, -0.2) is 30.4 Å². The molecule has 0 atom stereocenters. The van der Waals surface area contributed by atoms with E-state index in [0.717, 1.165) is 11.1 Å². The minimum absolute atomic E-state index is 0.0325. The Labute approximate surface area is 227 Å². The van der Waals surface area contributed by atoms with Crippen LogP contribution >= 0.6 is 0 Å². The summed E-state index contributed by atoms with van der Waals surface area (Å²) in [6.07, 6.45) is 0. The summed E-state index contributed by atoms with van der Waals surface area (Å²) < 4.78 is 90.6. The summed E-state index contributed by atoms with van der Waals surface area (Å²) >= 11 is 0. The van der Waals surface area contributed by atoms with Gasteiger partial charge in [0.2, 0.25) is 0 Å². The molecule has 0 unspecified atom stereocenters. The largest absolute Gasteiger partial charge is 0.360 e. The third-order valence-electron chi connectivity index (χ3n) is 5.66. The number of hydrogen-bond acceptors (Lipinski definition) is 8. The smallest absolute Gasteiger partial charge is 0.267 e. The molecule has 1 aromatic heterocycles. The summed E-state index contributed by atoms with van der Waals surface area (Å²) in [5.41, 5.74) is 1.49. The SMILES string of the molecule is Cc1ccc(S(=O)(=O)Nc2ccc(NS(=O)(=O)c3c(C)noc3C)cc2NS(=O)(=O)c2ccc(C)cc2)cc1. The van der Waals surface area contributed by atoms with E-state index in [1.807, 2.05) is 6.92 Å². The average Bonchev–Trinajstić information content (AvgIpc) is 3.19. The molecular weight excluding hydrogens is 564 g/mol. The Balaban J connectivity index is 1.76. The van der Waals surface area contributed by atoms with E-state index < -0.39 is 30.1 Å². The topological polar surface area (TPSA) is 165 Å². The van der Waals surface area contributed by atoms with Crippen LogP contribution in [0, 0.1) is 27.7 Å². The van der Waals surface area contributed by atoms with Crippen molar-refractivity contribution in [2.24, 2.45) is 0 Å². The van der Waals surface area contributed by atoms with E-state index in [-0.39, 0.29) is 43.2 Å². The Hall–Kier alpha value is -3.88. The standard InChI is InChI=1S/C25H26N4O7S3/c1-16-5-10-21(11-6-16)37(30,31)28-23-14-9-20(27-39(34,35)25-18(3)26-36-19(25)4)15-24(23)29-38(32,33)22-12-7-17(2)8-13-22/h5-15,27-29H,1-4H3. The number of benzene rings is 3. The maximum absolute atomic E-state index is 13.2. The number of nitrogens with one attached hydrogen (secondary N) is 3. The molecule has 39 heavy (non-hydrogen) atoms. The number of aryl methyl sites for hydroxylation is 4. The first-order valence-corrected chi connectivity index (χ1v) is 15.9. The van der Waals surface area contributed by atoms with Gasteiger partial charge in [0, 0.05) is 0 Å². The normalized spacial score (nSPS) is 12.2. The van der Waals surface area contributed by atoms with Crippen LogP contribution in [0.2, 0.25) is 0 Å². The van der Waals surface area contributed by atoms with Crippen LogP contribution in [0.5, 0.6) is 0 Å². The number of sulfonamides is 3. The zero-order valence-electron chi connectivity index (χ0n) is 21.4. The molecule has 3 N–H and O–H groups in total. The predicted octanol–water partition coefficient (Wildman–Crippen LogP) is 4.31. The van der Waals surface area contributed by atoms with Crippen molar-refractivity contribution >= 4 is 47.1 Å². The van der Waals surface area contributed by atoms with Crippen LogP contribution < -0.4 is 14.2 Å². The second kappa shape index (κ2) is 10.4. The van der Waals surface area contributed by atoms with Gasteiger partial charge in [0.25, 0.3) is 30.1 Å². The van der Waals surface area contributed by atoms with E-state index >= 15 is 0 Å². The Bertz CT molecular complexity index is 1830. The van der Waals surface area contributed by atoms with Gasteiger partial charge in [-0.15, -0.1) is 0 Å². The lowest BCUT2D eigenvalue weighted by atomic mass is 10.2. The summed E-state index contributed by atoms with van der Waals surface area (Å²) in [6, 6.07) is 15.8. The zero-order chi connectivity index (χ0) is 28.6. The summed E-state index contributed by atoms with van der Waals surface area (Å²) in [7, 11) is -12.5. The van der Waals surface area contributed by atoms with E-state index in [0.29, 0.717) is 0 Å². The highest BCUT2D eigenvalue weighted by molar-refractivity contribution is 7.93. The molecule has 0 aliphatic heterocycles. The van der Waals surface area contributed by atoms with Gasteiger partial charge in [0.1, 0.15) is 5.69 Å². The highest BCUT2D eigenvalue weighted by atomic mass is 32.2. The van der Waals surface area contributed by atoms with Gasteiger partial charge in [-0.05, 0) is 70.2 Å². The predicted molar refractivity (Wildman–Crippen MR) is 147 cm³/mol. The van der Waals surface area contributed by atoms with Crippen molar-refractivity contribution in [3.8, 4) is 0 Å². The average molecular weight is 591 g/mol. The summed E-state index contributed by atoms with van der Waals surface area (Å²) in [5, 5.41) is 3.66. The van der Waals surface area contributed by atoms with E-state index in [9.17, 15) is 25.3 Å². The van der Waals surface area contributed by atoms with Gasteiger partial charge in [-0.25, -0.2) is 25.3 Å². The van der Waals surface area contributed by atoms with Crippen molar-refractivity contribution in [2.45, 2.75) is 42.4 Å². The highest BCUT2D eigenvalue weighted by Gasteiger charge is 2.26. The molecule has 0 saturated carbocycles. The van der Waals surface area contributed by atoms with Gasteiger partial charge in [0.15, 0.2) is 10.7 Å². The van der Waals surface area contributed by atoms with Crippen molar-refractivity contribution in [2.75, 3.05) is 14.2 Å². The summed E-state index contributed by atoms with van der Waals surface area (Å²) in [5.74, 6) is 0.0720. The minimum atomic E-state index is -4.18. The van der Waals surface area contributed by atoms with E-state index in [1.54, 1.807) is 31.2 Å². The molecule has 4 aromatic rings. The zero-order valence-corrected chi connectivity index (χ0v) is 23.8. The van der Waals surface area contributed by atoms with E-state index in [2.05, 4.69) is 19.3 Å². The van der Waals surface area contributed by atoms with Crippen molar-refractivity contribution in [1.82, 2.24) is 5.16 Å². The molecule has 0 bridgehead atoms. The number of anilines is 3. The van der Waals surface area contributed by atoms with Gasteiger partial charge in [0.05, 0.1) is 26.9 Å². The van der Waals surface area contributed by atoms with Gasteiger partial charge in [-0.2, -0.15) is 0 Å². The van der Waals surface area contributed by atoms with Crippen LogP contribution in [0.4, 0.5) is 17.1 Å². The van der Waals surface area contributed by atoms with Gasteiger partial charge in [-0.1, -0.05) is 40.5 Å². The van der Waals surface area contributed by atoms with Crippen LogP contribution in [0.1, 0.15) is 22.6 Å². The van der Waals surface area contributed by atoms with Gasteiger partial charge < -0.3 is 4.52 Å². The van der Waals surface area contributed by atoms with Crippen molar-refractivity contribution in [1.29, 1.82) is 0 Å². The summed E-state index contributed by atoms with van der Waals surface area (Å²) in [6.45, 7) is 6.52. The molecule has 0 aliphatic carbocycles. The van der Waals surface area contributed by atoms with Crippen LogP contribution in [0.25, 0.3) is 0 Å². The highest BCUT2D eigenvalue weighted by Crippen LogP contribution is 2.32. The fraction of sp³-hybridized carbons (Fsp3) is 0.160. The fourth-order valence-electron chi connectivity index (χ4n) is 3.69. The van der Waals surface area contributed by atoms with Crippen LogP contribution in [0.15, 0.2) is 85.9 Å². The van der Waals surface area contributed by atoms with Crippen LogP contribution in [-0.2, 0) is 30.1 Å². The van der Waals surface area contributed by atoms with Crippen molar-refractivity contribution in [3.63, 3.8) is 0 Å². The first-order valence-electron chi connectivity index (χ1n) is 11.5. The quantitative estimate of drug-likeness (QED) is 0.259. The van der Waals surface area contributed by atoms with Gasteiger partial charge >= 0.3 is 0 Å². The second-order valence-electron chi connectivity index (χ2n) is 8.86. The Morgan fingerprint density at radius 1 is 0.590 bits per heavy atom. The van der Waals surface area contributed by atoms with E-state index in [1.165, 1.54) is 56.3 Å². The lowest BCUT2D eigenvalue weighted by Crippen LogP contribution is -2.19. The molecular formula is C25H26N4O7S3. The monoisotopic (exact) mass is 590 g/mol. The molecule has 0 amide bonds. The fourth-order valence-corrected chi connectivity index (χ4v) is 7.22. The molecule has 0 fully saturated rings. The Morgan fingerprint density at radius 3 is 1.54 bits per heavy atom. The molecule has 14 heteroatoms. The maximum atomic E-state index is 13.2. The molecule has 0 aliphatic rings. The second-order valence-corrected chi connectivity index (χ2v) is 13.8. The molecule has 4 rings (SSSR count).